The van der Waals surface area contributed by atoms with Crippen LogP contribution in [0.3, 0.4) is 0 Å². The van der Waals surface area contributed by atoms with Crippen molar-refractivity contribution in [1.29, 1.82) is 0 Å². The maximum atomic E-state index is 13.6. The van der Waals surface area contributed by atoms with Crippen LogP contribution in [0.25, 0.3) is 0 Å². The number of benzene rings is 1. The first-order chi connectivity index (χ1) is 11.1. The number of nitrogens with one attached hydrogen (secondary N) is 1. The van der Waals surface area contributed by atoms with Crippen LogP contribution in [0.1, 0.15) is 26.2 Å². The summed E-state index contributed by atoms with van der Waals surface area (Å²) < 4.78 is 19.3. The Morgan fingerprint density at radius 3 is 2.74 bits per heavy atom. The number of aliphatic hydroxyl groups excluding tert-OH is 1. The summed E-state index contributed by atoms with van der Waals surface area (Å²) in [5, 5.41) is 12.8. The number of ether oxygens (including phenoxy) is 1. The van der Waals surface area contributed by atoms with Gasteiger partial charge in [-0.25, -0.2) is 9.18 Å². The molecule has 2 amide bonds. The molecular formula is C17H23FN2O3. The smallest absolute Gasteiger partial charge is 0.321 e. The first-order valence-corrected chi connectivity index (χ1v) is 8.17. The number of likely N-dealkylation sites (tertiary alicyclic amines) is 1. The van der Waals surface area contributed by atoms with Crippen molar-refractivity contribution in [3.63, 3.8) is 0 Å². The van der Waals surface area contributed by atoms with Gasteiger partial charge in [0.2, 0.25) is 0 Å². The molecule has 126 valence electrons. The number of anilines is 1. The summed E-state index contributed by atoms with van der Waals surface area (Å²) >= 11 is 0. The van der Waals surface area contributed by atoms with Crippen LogP contribution < -0.4 is 5.32 Å². The van der Waals surface area contributed by atoms with Crippen molar-refractivity contribution in [3.8, 4) is 0 Å². The van der Waals surface area contributed by atoms with E-state index in [9.17, 15) is 14.3 Å². The van der Waals surface area contributed by atoms with Crippen molar-refractivity contribution >= 4 is 11.7 Å². The standard InChI is InChI=1S/C17H23FN2O3/c1-2-23-15-11-14(21)17(15)7-9-20(10-8-17)16(22)19-13-6-4-3-5-12(13)18/h3-6,14-15,21H,2,7-11H2,1H3,(H,19,22). The van der Waals surface area contributed by atoms with Crippen molar-refractivity contribution in [2.24, 2.45) is 5.41 Å². The molecule has 1 aromatic carbocycles. The molecule has 2 N–H and O–H groups in total. The lowest BCUT2D eigenvalue weighted by atomic mass is 9.58. The van der Waals surface area contributed by atoms with E-state index in [-0.39, 0.29) is 29.3 Å². The summed E-state index contributed by atoms with van der Waals surface area (Å²) in [6.07, 6.45) is 1.83. The molecule has 23 heavy (non-hydrogen) atoms. The Labute approximate surface area is 135 Å². The monoisotopic (exact) mass is 322 g/mol. The number of nitrogens with zero attached hydrogens (tertiary/aromatic N) is 1. The topological polar surface area (TPSA) is 61.8 Å². The van der Waals surface area contributed by atoms with Crippen LogP contribution in [0.2, 0.25) is 0 Å². The number of amides is 2. The maximum Gasteiger partial charge on any atom is 0.321 e. The summed E-state index contributed by atoms with van der Waals surface area (Å²) in [4.78, 5) is 14.0. The van der Waals surface area contributed by atoms with E-state index < -0.39 is 5.82 Å². The molecule has 3 rings (SSSR count). The van der Waals surface area contributed by atoms with Crippen LogP contribution in [0.15, 0.2) is 24.3 Å². The van der Waals surface area contributed by atoms with Gasteiger partial charge in [0.15, 0.2) is 0 Å². The lowest BCUT2D eigenvalue weighted by molar-refractivity contribution is -0.207. The third kappa shape index (κ3) is 2.93. The van der Waals surface area contributed by atoms with Crippen molar-refractivity contribution in [2.45, 2.75) is 38.4 Å². The molecule has 5 nitrogen and oxygen atoms in total. The number of carbonyl (C=O) groups is 1. The highest BCUT2D eigenvalue weighted by atomic mass is 19.1. The van der Waals surface area contributed by atoms with Crippen molar-refractivity contribution in [3.05, 3.63) is 30.1 Å². The summed E-state index contributed by atoms with van der Waals surface area (Å²) in [5.41, 5.74) is -0.0289. The molecule has 6 heteroatoms. The molecule has 1 saturated carbocycles. The molecule has 1 aromatic rings. The SMILES string of the molecule is CCOC1CC(O)C12CCN(C(=O)Nc1ccccc1F)CC2. The normalized spacial score (nSPS) is 26.0. The summed E-state index contributed by atoms with van der Waals surface area (Å²) in [6.45, 7) is 3.67. The molecule has 1 saturated heterocycles. The van der Waals surface area contributed by atoms with Gasteiger partial charge in [-0.3, -0.25) is 0 Å². The van der Waals surface area contributed by atoms with Crippen LogP contribution in [-0.4, -0.2) is 47.9 Å². The predicted molar refractivity (Wildman–Crippen MR) is 84.7 cm³/mol. The third-order valence-electron chi connectivity index (χ3n) is 5.21. The van der Waals surface area contributed by atoms with Crippen molar-refractivity contribution in [1.82, 2.24) is 4.90 Å². The number of para-hydroxylation sites is 1. The summed E-state index contributed by atoms with van der Waals surface area (Å²) in [5.74, 6) is -0.444. The Bertz CT molecular complexity index is 571. The Morgan fingerprint density at radius 2 is 2.13 bits per heavy atom. The Hall–Kier alpha value is -1.66. The van der Waals surface area contributed by atoms with Crippen molar-refractivity contribution < 1.29 is 19.0 Å². The number of aliphatic hydroxyl groups is 1. The van der Waals surface area contributed by atoms with E-state index in [1.807, 2.05) is 6.92 Å². The number of hydrogen-bond acceptors (Lipinski definition) is 3. The first-order valence-electron chi connectivity index (χ1n) is 8.17. The molecule has 2 fully saturated rings. The molecule has 2 unspecified atom stereocenters. The van der Waals surface area contributed by atoms with Gasteiger partial charge in [-0.2, -0.15) is 0 Å². The van der Waals surface area contributed by atoms with Gasteiger partial charge in [-0.05, 0) is 31.9 Å². The number of rotatable bonds is 3. The van der Waals surface area contributed by atoms with E-state index >= 15 is 0 Å². The average Bonchev–Trinajstić information content (AvgIpc) is 2.57. The van der Waals surface area contributed by atoms with Gasteiger partial charge in [0, 0.05) is 31.5 Å². The van der Waals surface area contributed by atoms with Gasteiger partial charge < -0.3 is 20.1 Å². The summed E-state index contributed by atoms with van der Waals surface area (Å²) in [7, 11) is 0. The zero-order valence-corrected chi connectivity index (χ0v) is 13.3. The number of hydrogen-bond donors (Lipinski definition) is 2. The second-order valence-corrected chi connectivity index (χ2v) is 6.33. The Kier molecular flexibility index (Phi) is 4.55. The minimum atomic E-state index is -0.444. The second kappa shape index (κ2) is 6.45. The molecule has 2 aliphatic rings. The van der Waals surface area contributed by atoms with Crippen LogP contribution in [0, 0.1) is 11.2 Å². The number of piperidine rings is 1. The number of carbonyl (C=O) groups excluding carboxylic acids is 1. The highest BCUT2D eigenvalue weighted by Crippen LogP contribution is 2.50. The van der Waals surface area contributed by atoms with Crippen LogP contribution in [0.4, 0.5) is 14.9 Å². The fourth-order valence-corrected chi connectivity index (χ4v) is 3.70. The second-order valence-electron chi connectivity index (χ2n) is 6.33. The molecule has 0 aromatic heterocycles. The van der Waals surface area contributed by atoms with E-state index in [2.05, 4.69) is 5.32 Å². The largest absolute Gasteiger partial charge is 0.392 e. The maximum absolute atomic E-state index is 13.6. The zero-order chi connectivity index (χ0) is 16.4. The highest BCUT2D eigenvalue weighted by Gasteiger charge is 2.56. The van der Waals surface area contributed by atoms with Crippen molar-refractivity contribution in [2.75, 3.05) is 25.0 Å². The predicted octanol–water partition coefficient (Wildman–Crippen LogP) is 2.61. The van der Waals surface area contributed by atoms with Gasteiger partial charge in [0.1, 0.15) is 5.82 Å². The number of urea groups is 1. The number of halogens is 1. The molecule has 1 heterocycles. The van der Waals surface area contributed by atoms with E-state index in [1.165, 1.54) is 6.07 Å². The minimum Gasteiger partial charge on any atom is -0.392 e. The van der Waals surface area contributed by atoms with Gasteiger partial charge in [-0.15, -0.1) is 0 Å². The van der Waals surface area contributed by atoms with Crippen LogP contribution in [0.5, 0.6) is 0 Å². The minimum absolute atomic E-state index is 0.0827. The van der Waals surface area contributed by atoms with Crippen LogP contribution in [-0.2, 0) is 4.74 Å². The quantitative estimate of drug-likeness (QED) is 0.899. The molecular weight excluding hydrogens is 299 g/mol. The summed E-state index contributed by atoms with van der Waals surface area (Å²) in [6, 6.07) is 5.83. The molecule has 0 radical (unpaired) electrons. The zero-order valence-electron chi connectivity index (χ0n) is 13.3. The van der Waals surface area contributed by atoms with E-state index in [0.717, 1.165) is 0 Å². The Balaban J connectivity index is 1.58. The van der Waals surface area contributed by atoms with E-state index in [1.54, 1.807) is 23.1 Å². The molecule has 1 spiro atoms. The van der Waals surface area contributed by atoms with Gasteiger partial charge in [0.25, 0.3) is 0 Å². The van der Waals surface area contributed by atoms with Crippen LogP contribution >= 0.6 is 0 Å². The average molecular weight is 322 g/mol. The fourth-order valence-electron chi connectivity index (χ4n) is 3.70. The van der Waals surface area contributed by atoms with Gasteiger partial charge >= 0.3 is 6.03 Å². The van der Waals surface area contributed by atoms with E-state index in [4.69, 9.17) is 4.74 Å². The van der Waals surface area contributed by atoms with E-state index in [0.29, 0.717) is 39.0 Å². The van der Waals surface area contributed by atoms with Gasteiger partial charge in [-0.1, -0.05) is 12.1 Å². The molecule has 1 aliphatic carbocycles. The lowest BCUT2D eigenvalue weighted by Crippen LogP contribution is -2.63. The fraction of sp³-hybridized carbons (Fsp3) is 0.588. The molecule has 1 aliphatic heterocycles. The molecule has 0 bridgehead atoms. The Morgan fingerprint density at radius 1 is 1.43 bits per heavy atom. The third-order valence-corrected chi connectivity index (χ3v) is 5.21. The first kappa shape index (κ1) is 16.2. The molecule has 2 atom stereocenters. The van der Waals surface area contributed by atoms with Gasteiger partial charge in [0.05, 0.1) is 17.9 Å². The highest BCUT2D eigenvalue weighted by molar-refractivity contribution is 5.89. The lowest BCUT2D eigenvalue weighted by Gasteiger charge is -2.56.